The van der Waals surface area contributed by atoms with Crippen LogP contribution in [0.2, 0.25) is 0 Å². The van der Waals surface area contributed by atoms with Gasteiger partial charge in [0.25, 0.3) is 5.91 Å². The van der Waals surface area contributed by atoms with Crippen LogP contribution in [0.3, 0.4) is 0 Å². The number of amides is 3. The highest BCUT2D eigenvalue weighted by molar-refractivity contribution is 6.02. The summed E-state index contributed by atoms with van der Waals surface area (Å²) in [5.74, 6) is -0.113. The van der Waals surface area contributed by atoms with Gasteiger partial charge >= 0.3 is 6.03 Å². The average molecular weight is 199 g/mol. The van der Waals surface area contributed by atoms with E-state index >= 15 is 0 Å². The van der Waals surface area contributed by atoms with E-state index in [1.54, 1.807) is 7.05 Å². The zero-order chi connectivity index (χ0) is 10.7. The Kier molecular flexibility index (Phi) is 3.46. The molecule has 0 radical (unpaired) electrons. The highest BCUT2D eigenvalue weighted by atomic mass is 16.2. The van der Waals surface area contributed by atoms with E-state index in [4.69, 9.17) is 5.73 Å². The van der Waals surface area contributed by atoms with Gasteiger partial charge in [-0.05, 0) is 19.4 Å². The molecule has 1 saturated heterocycles. The molecule has 1 fully saturated rings. The van der Waals surface area contributed by atoms with Gasteiger partial charge in [0.15, 0.2) is 0 Å². The van der Waals surface area contributed by atoms with Gasteiger partial charge in [0.2, 0.25) is 0 Å². The van der Waals surface area contributed by atoms with Gasteiger partial charge in [0.05, 0.1) is 0 Å². The van der Waals surface area contributed by atoms with Gasteiger partial charge in [-0.15, -0.1) is 0 Å². The molecule has 80 valence electrons. The van der Waals surface area contributed by atoms with Gasteiger partial charge in [-0.2, -0.15) is 0 Å². The van der Waals surface area contributed by atoms with Crippen LogP contribution in [0.15, 0.2) is 0 Å². The normalized spacial score (nSPS) is 19.4. The number of nitrogens with zero attached hydrogens (tertiary/aromatic N) is 2. The second-order valence-electron chi connectivity index (χ2n) is 3.54. The molecule has 5 heteroatoms. The molecule has 3 amide bonds. The van der Waals surface area contributed by atoms with Crippen LogP contribution in [0, 0.1) is 0 Å². The Balaban J connectivity index is 2.74. The lowest BCUT2D eigenvalue weighted by molar-refractivity contribution is -0.126. The summed E-state index contributed by atoms with van der Waals surface area (Å²) < 4.78 is 0. The maximum absolute atomic E-state index is 11.6. The zero-order valence-electron chi connectivity index (χ0n) is 8.69. The molecule has 0 bridgehead atoms. The van der Waals surface area contributed by atoms with Crippen LogP contribution in [0.4, 0.5) is 4.79 Å². The van der Waals surface area contributed by atoms with E-state index in [-0.39, 0.29) is 24.5 Å². The standard InChI is InChI=1S/C9H17N3O2/c1-3-7(4-5-10)12-8(13)6-11(2)9(12)14/h7H,3-6,10H2,1-2H3. The topological polar surface area (TPSA) is 66.6 Å². The summed E-state index contributed by atoms with van der Waals surface area (Å²) in [6.45, 7) is 2.65. The Hall–Kier alpha value is -1.10. The fourth-order valence-corrected chi connectivity index (χ4v) is 1.71. The van der Waals surface area contributed by atoms with Crippen molar-refractivity contribution >= 4 is 11.9 Å². The summed E-state index contributed by atoms with van der Waals surface area (Å²) in [4.78, 5) is 25.8. The largest absolute Gasteiger partial charge is 0.330 e. The molecule has 0 aromatic rings. The second kappa shape index (κ2) is 4.41. The van der Waals surface area contributed by atoms with E-state index in [1.807, 2.05) is 6.92 Å². The van der Waals surface area contributed by atoms with Crippen LogP contribution >= 0.6 is 0 Å². The SMILES string of the molecule is CCC(CCN)N1C(=O)CN(C)C1=O. The predicted octanol–water partition coefficient (Wildman–Crippen LogP) is 0.00780. The van der Waals surface area contributed by atoms with Crippen molar-refractivity contribution in [1.29, 1.82) is 0 Å². The van der Waals surface area contributed by atoms with Crippen LogP contribution in [-0.2, 0) is 4.79 Å². The smallest absolute Gasteiger partial charge is 0.327 e. The molecule has 0 aromatic carbocycles. The van der Waals surface area contributed by atoms with Crippen molar-refractivity contribution in [2.75, 3.05) is 20.1 Å². The number of nitrogens with two attached hydrogens (primary N) is 1. The summed E-state index contributed by atoms with van der Waals surface area (Å²) in [6.07, 6.45) is 1.45. The van der Waals surface area contributed by atoms with E-state index in [1.165, 1.54) is 9.80 Å². The van der Waals surface area contributed by atoms with E-state index in [2.05, 4.69) is 0 Å². The van der Waals surface area contributed by atoms with Crippen LogP contribution in [0.5, 0.6) is 0 Å². The molecule has 1 heterocycles. The van der Waals surface area contributed by atoms with Crippen molar-refractivity contribution in [2.24, 2.45) is 5.73 Å². The molecular weight excluding hydrogens is 182 g/mol. The molecule has 1 rings (SSSR count). The lowest BCUT2D eigenvalue weighted by atomic mass is 10.1. The molecule has 0 saturated carbocycles. The number of hydrogen-bond acceptors (Lipinski definition) is 3. The Bertz CT molecular complexity index is 242. The summed E-state index contributed by atoms with van der Waals surface area (Å²) >= 11 is 0. The highest BCUT2D eigenvalue weighted by Crippen LogP contribution is 2.16. The summed E-state index contributed by atoms with van der Waals surface area (Å²) in [5, 5.41) is 0. The number of carbonyl (C=O) groups is 2. The van der Waals surface area contributed by atoms with Gasteiger partial charge in [-0.3, -0.25) is 9.69 Å². The zero-order valence-corrected chi connectivity index (χ0v) is 8.69. The first-order valence-corrected chi connectivity index (χ1v) is 4.89. The molecule has 1 unspecified atom stereocenters. The number of carbonyl (C=O) groups excluding carboxylic acids is 2. The third-order valence-electron chi connectivity index (χ3n) is 2.51. The summed E-state index contributed by atoms with van der Waals surface area (Å²) in [5.41, 5.74) is 5.44. The monoisotopic (exact) mass is 199 g/mol. The maximum atomic E-state index is 11.6. The summed E-state index contributed by atoms with van der Waals surface area (Å²) in [7, 11) is 1.63. The number of rotatable bonds is 4. The van der Waals surface area contributed by atoms with Gasteiger partial charge in [0, 0.05) is 13.1 Å². The van der Waals surface area contributed by atoms with Crippen molar-refractivity contribution in [1.82, 2.24) is 9.80 Å². The van der Waals surface area contributed by atoms with Crippen molar-refractivity contribution in [2.45, 2.75) is 25.8 Å². The van der Waals surface area contributed by atoms with Crippen LogP contribution in [0.1, 0.15) is 19.8 Å². The molecule has 14 heavy (non-hydrogen) atoms. The van der Waals surface area contributed by atoms with Gasteiger partial charge in [-0.25, -0.2) is 4.79 Å². The van der Waals surface area contributed by atoms with E-state index < -0.39 is 0 Å². The third kappa shape index (κ3) is 1.87. The van der Waals surface area contributed by atoms with Crippen LogP contribution < -0.4 is 5.73 Å². The number of hydrogen-bond donors (Lipinski definition) is 1. The molecule has 1 aliphatic heterocycles. The van der Waals surface area contributed by atoms with E-state index in [0.717, 1.165) is 6.42 Å². The fourth-order valence-electron chi connectivity index (χ4n) is 1.71. The first-order chi connectivity index (χ1) is 6.61. The van der Waals surface area contributed by atoms with Crippen molar-refractivity contribution in [3.8, 4) is 0 Å². The lowest BCUT2D eigenvalue weighted by Gasteiger charge is -2.24. The Morgan fingerprint density at radius 2 is 2.14 bits per heavy atom. The van der Waals surface area contributed by atoms with Gasteiger partial charge < -0.3 is 10.6 Å². The molecule has 2 N–H and O–H groups in total. The van der Waals surface area contributed by atoms with Gasteiger partial charge in [-0.1, -0.05) is 6.92 Å². The highest BCUT2D eigenvalue weighted by Gasteiger charge is 2.37. The fraction of sp³-hybridized carbons (Fsp3) is 0.778. The molecule has 1 atom stereocenters. The molecule has 0 aliphatic carbocycles. The summed E-state index contributed by atoms with van der Waals surface area (Å²) in [6, 6.07) is -0.236. The van der Waals surface area contributed by atoms with Crippen LogP contribution in [-0.4, -0.2) is 47.9 Å². The van der Waals surface area contributed by atoms with Crippen molar-refractivity contribution < 1.29 is 9.59 Å². The minimum absolute atomic E-state index is 0.0371. The Morgan fingerprint density at radius 1 is 1.50 bits per heavy atom. The minimum Gasteiger partial charge on any atom is -0.330 e. The quantitative estimate of drug-likeness (QED) is 0.648. The maximum Gasteiger partial charge on any atom is 0.327 e. The Labute approximate surface area is 83.8 Å². The van der Waals surface area contributed by atoms with Gasteiger partial charge in [0.1, 0.15) is 6.54 Å². The molecule has 0 aromatic heterocycles. The second-order valence-corrected chi connectivity index (χ2v) is 3.54. The van der Waals surface area contributed by atoms with Crippen LogP contribution in [0.25, 0.3) is 0 Å². The number of likely N-dealkylation sites (N-methyl/N-ethyl adjacent to an activating group) is 1. The average Bonchev–Trinajstić information content (AvgIpc) is 2.39. The van der Waals surface area contributed by atoms with E-state index in [0.29, 0.717) is 13.0 Å². The molecule has 5 nitrogen and oxygen atoms in total. The van der Waals surface area contributed by atoms with Crippen molar-refractivity contribution in [3.63, 3.8) is 0 Å². The lowest BCUT2D eigenvalue weighted by Crippen LogP contribution is -2.41. The Morgan fingerprint density at radius 3 is 2.50 bits per heavy atom. The molecule has 1 aliphatic rings. The predicted molar refractivity (Wildman–Crippen MR) is 52.6 cm³/mol. The number of urea groups is 1. The third-order valence-corrected chi connectivity index (χ3v) is 2.51. The first kappa shape index (κ1) is 11.0. The first-order valence-electron chi connectivity index (χ1n) is 4.89. The molecule has 0 spiro atoms. The van der Waals surface area contributed by atoms with E-state index in [9.17, 15) is 9.59 Å². The van der Waals surface area contributed by atoms with Crippen molar-refractivity contribution in [3.05, 3.63) is 0 Å². The minimum atomic E-state index is -0.199. The number of imide groups is 1. The molecular formula is C9H17N3O2.